The number of aromatic nitrogens is 1. The SMILES string of the molecule is Oc1c(Br)cc(Br)cc1C=Nc1ccc(Cl)cn1. The van der Waals surface area contributed by atoms with Crippen molar-refractivity contribution >= 4 is 55.5 Å². The monoisotopic (exact) mass is 388 g/mol. The fourth-order valence-corrected chi connectivity index (χ4v) is 2.63. The number of aromatic hydroxyl groups is 1. The van der Waals surface area contributed by atoms with Gasteiger partial charge in [-0.1, -0.05) is 27.5 Å². The topological polar surface area (TPSA) is 45.5 Å². The Morgan fingerprint density at radius 1 is 1.28 bits per heavy atom. The van der Waals surface area contributed by atoms with Crippen molar-refractivity contribution in [1.82, 2.24) is 4.98 Å². The van der Waals surface area contributed by atoms with Gasteiger partial charge in [-0.2, -0.15) is 0 Å². The fourth-order valence-electron chi connectivity index (χ4n) is 1.26. The molecule has 6 heteroatoms. The average Bonchev–Trinajstić information content (AvgIpc) is 2.34. The molecule has 92 valence electrons. The number of aliphatic imine (C=N–C) groups is 1. The first-order chi connectivity index (χ1) is 8.56. The van der Waals surface area contributed by atoms with Crippen LogP contribution in [0.2, 0.25) is 5.02 Å². The van der Waals surface area contributed by atoms with Crippen molar-refractivity contribution < 1.29 is 5.11 Å². The van der Waals surface area contributed by atoms with Crippen LogP contribution in [0.3, 0.4) is 0 Å². The van der Waals surface area contributed by atoms with Gasteiger partial charge in [0.25, 0.3) is 0 Å². The van der Waals surface area contributed by atoms with Crippen LogP contribution in [0.5, 0.6) is 5.75 Å². The van der Waals surface area contributed by atoms with Crippen molar-refractivity contribution in [3.8, 4) is 5.75 Å². The summed E-state index contributed by atoms with van der Waals surface area (Å²) in [5.74, 6) is 0.658. The minimum absolute atomic E-state index is 0.135. The van der Waals surface area contributed by atoms with Crippen LogP contribution < -0.4 is 0 Å². The van der Waals surface area contributed by atoms with Crippen LogP contribution in [0.4, 0.5) is 5.82 Å². The Kier molecular flexibility index (Phi) is 4.37. The normalized spacial score (nSPS) is 11.1. The molecule has 1 N–H and O–H groups in total. The van der Waals surface area contributed by atoms with Gasteiger partial charge in [0.05, 0.1) is 9.50 Å². The van der Waals surface area contributed by atoms with Gasteiger partial charge in [0.1, 0.15) is 5.75 Å². The number of halogens is 3. The summed E-state index contributed by atoms with van der Waals surface area (Å²) in [5.41, 5.74) is 0.591. The molecule has 0 amide bonds. The van der Waals surface area contributed by atoms with Gasteiger partial charge in [-0.05, 0) is 40.2 Å². The van der Waals surface area contributed by atoms with Gasteiger partial charge in [-0.3, -0.25) is 0 Å². The van der Waals surface area contributed by atoms with E-state index in [-0.39, 0.29) is 5.75 Å². The third-order valence-corrected chi connectivity index (χ3v) is 3.39. The lowest BCUT2D eigenvalue weighted by atomic mass is 10.2. The molecular weight excluding hydrogens is 383 g/mol. The molecule has 1 heterocycles. The van der Waals surface area contributed by atoms with Gasteiger partial charge in [0, 0.05) is 22.4 Å². The zero-order chi connectivity index (χ0) is 13.1. The summed E-state index contributed by atoms with van der Waals surface area (Å²) in [4.78, 5) is 8.20. The number of benzene rings is 1. The van der Waals surface area contributed by atoms with Crippen LogP contribution >= 0.6 is 43.5 Å². The largest absolute Gasteiger partial charge is 0.506 e. The molecule has 2 aromatic rings. The third-order valence-electron chi connectivity index (χ3n) is 2.11. The maximum Gasteiger partial charge on any atom is 0.151 e. The Balaban J connectivity index is 2.31. The Morgan fingerprint density at radius 2 is 2.06 bits per heavy atom. The lowest BCUT2D eigenvalue weighted by Crippen LogP contribution is -1.85. The van der Waals surface area contributed by atoms with Gasteiger partial charge in [-0.15, -0.1) is 0 Å². The van der Waals surface area contributed by atoms with E-state index in [2.05, 4.69) is 41.8 Å². The van der Waals surface area contributed by atoms with E-state index in [1.807, 2.05) is 0 Å². The first kappa shape index (κ1) is 13.5. The summed E-state index contributed by atoms with van der Waals surface area (Å²) in [6, 6.07) is 6.92. The summed E-state index contributed by atoms with van der Waals surface area (Å²) < 4.78 is 1.44. The number of phenols is 1. The fraction of sp³-hybridized carbons (Fsp3) is 0. The van der Waals surface area contributed by atoms with Crippen LogP contribution in [0.1, 0.15) is 5.56 Å². The molecule has 0 saturated carbocycles. The predicted molar refractivity (Wildman–Crippen MR) is 80.0 cm³/mol. The highest BCUT2D eigenvalue weighted by Gasteiger charge is 2.05. The maximum atomic E-state index is 9.84. The van der Waals surface area contributed by atoms with E-state index < -0.39 is 0 Å². The summed E-state index contributed by atoms with van der Waals surface area (Å²) >= 11 is 12.3. The molecular formula is C12H7Br2ClN2O. The first-order valence-corrected chi connectivity index (χ1v) is 6.86. The molecule has 0 atom stereocenters. The molecule has 0 saturated heterocycles. The molecule has 0 fully saturated rings. The standard InChI is InChI=1S/C12H7Br2ClN2O/c13-8-3-7(12(18)10(14)4-8)5-16-11-2-1-9(15)6-17-11/h1-6,18H. The van der Waals surface area contributed by atoms with E-state index in [1.165, 1.54) is 6.20 Å². The predicted octanol–water partition coefficient (Wildman–Crippen LogP) is 4.72. The Labute approximate surface area is 126 Å². The van der Waals surface area contributed by atoms with Gasteiger partial charge < -0.3 is 5.11 Å². The molecule has 0 aliphatic heterocycles. The first-order valence-electron chi connectivity index (χ1n) is 4.90. The van der Waals surface area contributed by atoms with Crippen molar-refractivity contribution in [2.45, 2.75) is 0 Å². The molecule has 18 heavy (non-hydrogen) atoms. The number of hydrogen-bond acceptors (Lipinski definition) is 3. The van der Waals surface area contributed by atoms with Crippen molar-refractivity contribution in [3.63, 3.8) is 0 Å². The van der Waals surface area contributed by atoms with Crippen molar-refractivity contribution in [3.05, 3.63) is 50.0 Å². The summed E-state index contributed by atoms with van der Waals surface area (Å²) in [7, 11) is 0. The Morgan fingerprint density at radius 3 is 2.72 bits per heavy atom. The Hall–Kier alpha value is -0.910. The van der Waals surface area contributed by atoms with Crippen molar-refractivity contribution in [1.29, 1.82) is 0 Å². The zero-order valence-electron chi connectivity index (χ0n) is 8.94. The maximum absolute atomic E-state index is 9.84. The van der Waals surface area contributed by atoms with Crippen LogP contribution in [-0.2, 0) is 0 Å². The number of nitrogens with zero attached hydrogens (tertiary/aromatic N) is 2. The van der Waals surface area contributed by atoms with Crippen molar-refractivity contribution in [2.75, 3.05) is 0 Å². The highest BCUT2D eigenvalue weighted by atomic mass is 79.9. The van der Waals surface area contributed by atoms with Crippen LogP contribution in [-0.4, -0.2) is 16.3 Å². The highest BCUT2D eigenvalue weighted by Crippen LogP contribution is 2.30. The average molecular weight is 390 g/mol. The molecule has 2 rings (SSSR count). The third kappa shape index (κ3) is 3.31. The smallest absolute Gasteiger partial charge is 0.151 e. The Bertz CT molecular complexity index is 600. The summed E-state index contributed by atoms with van der Waals surface area (Å²) in [5, 5.41) is 10.4. The highest BCUT2D eigenvalue weighted by molar-refractivity contribution is 9.11. The molecule has 0 radical (unpaired) electrons. The second kappa shape index (κ2) is 5.82. The van der Waals surface area contributed by atoms with Crippen molar-refractivity contribution in [2.24, 2.45) is 4.99 Å². The minimum Gasteiger partial charge on any atom is -0.506 e. The summed E-state index contributed by atoms with van der Waals surface area (Å²) in [6.07, 6.45) is 3.06. The molecule has 1 aromatic heterocycles. The number of hydrogen-bond donors (Lipinski definition) is 1. The quantitative estimate of drug-likeness (QED) is 0.755. The second-order valence-electron chi connectivity index (χ2n) is 3.42. The van der Waals surface area contributed by atoms with E-state index in [1.54, 1.807) is 30.5 Å². The number of phenolic OH excluding ortho intramolecular Hbond substituents is 1. The molecule has 0 spiro atoms. The molecule has 1 aromatic carbocycles. The molecule has 0 aliphatic carbocycles. The zero-order valence-corrected chi connectivity index (χ0v) is 12.9. The van der Waals surface area contributed by atoms with Crippen LogP contribution in [0.15, 0.2) is 44.4 Å². The lowest BCUT2D eigenvalue weighted by molar-refractivity contribution is 0.471. The van der Waals surface area contributed by atoms with E-state index >= 15 is 0 Å². The molecule has 0 unspecified atom stereocenters. The van der Waals surface area contributed by atoms with Gasteiger partial charge >= 0.3 is 0 Å². The minimum atomic E-state index is 0.135. The van der Waals surface area contributed by atoms with E-state index in [0.717, 1.165) is 4.47 Å². The van der Waals surface area contributed by atoms with Gasteiger partial charge in [-0.25, -0.2) is 9.98 Å². The summed E-state index contributed by atoms with van der Waals surface area (Å²) in [6.45, 7) is 0. The number of pyridine rings is 1. The lowest BCUT2D eigenvalue weighted by Gasteiger charge is -2.02. The van der Waals surface area contributed by atoms with Crippen LogP contribution in [0, 0.1) is 0 Å². The van der Waals surface area contributed by atoms with E-state index in [9.17, 15) is 5.11 Å². The van der Waals surface area contributed by atoms with Crippen LogP contribution in [0.25, 0.3) is 0 Å². The van der Waals surface area contributed by atoms with E-state index in [0.29, 0.717) is 20.9 Å². The van der Waals surface area contributed by atoms with E-state index in [4.69, 9.17) is 11.6 Å². The van der Waals surface area contributed by atoms with Gasteiger partial charge in [0.2, 0.25) is 0 Å². The van der Waals surface area contributed by atoms with Gasteiger partial charge in [0.15, 0.2) is 5.82 Å². The number of rotatable bonds is 2. The molecule has 3 nitrogen and oxygen atoms in total. The molecule has 0 aliphatic rings. The molecule has 0 bridgehead atoms. The second-order valence-corrected chi connectivity index (χ2v) is 5.62.